The maximum Gasteiger partial charge on any atom is 0.237 e. The van der Waals surface area contributed by atoms with Crippen LogP contribution >= 0.6 is 11.8 Å². The first-order chi connectivity index (χ1) is 14.6. The molecule has 0 saturated heterocycles. The third-order valence-electron chi connectivity index (χ3n) is 4.98. The van der Waals surface area contributed by atoms with Gasteiger partial charge in [0.05, 0.1) is 29.1 Å². The molecule has 0 aliphatic carbocycles. The van der Waals surface area contributed by atoms with Gasteiger partial charge in [0.1, 0.15) is 16.9 Å². The van der Waals surface area contributed by atoms with E-state index in [0.717, 1.165) is 27.4 Å². The van der Waals surface area contributed by atoms with Crippen LogP contribution in [0.3, 0.4) is 0 Å². The highest BCUT2D eigenvalue weighted by molar-refractivity contribution is 8.00. The monoisotopic (exact) mass is 417 g/mol. The zero-order valence-corrected chi connectivity index (χ0v) is 17.2. The van der Waals surface area contributed by atoms with Crippen molar-refractivity contribution in [1.82, 2.24) is 9.97 Å². The summed E-state index contributed by atoms with van der Waals surface area (Å²) in [5.41, 5.74) is 3.90. The summed E-state index contributed by atoms with van der Waals surface area (Å²) in [6, 6.07) is 19.3. The van der Waals surface area contributed by atoms with E-state index < -0.39 is 0 Å². The van der Waals surface area contributed by atoms with E-state index in [2.05, 4.69) is 15.3 Å². The van der Waals surface area contributed by atoms with Gasteiger partial charge in [0.15, 0.2) is 5.16 Å². The molecule has 3 aromatic carbocycles. The summed E-state index contributed by atoms with van der Waals surface area (Å²) in [4.78, 5) is 20.6. The third-order valence-corrected chi connectivity index (χ3v) is 5.97. The molecule has 150 valence electrons. The van der Waals surface area contributed by atoms with Gasteiger partial charge in [0.2, 0.25) is 5.91 Å². The molecule has 1 amide bonds. The molecule has 30 heavy (non-hydrogen) atoms. The van der Waals surface area contributed by atoms with Gasteiger partial charge in [0.25, 0.3) is 0 Å². The number of ether oxygens (including phenoxy) is 1. The van der Waals surface area contributed by atoms with Crippen LogP contribution in [0.15, 0.2) is 70.2 Å². The van der Waals surface area contributed by atoms with E-state index in [1.807, 2.05) is 67.6 Å². The Morgan fingerprint density at radius 1 is 1.10 bits per heavy atom. The van der Waals surface area contributed by atoms with Gasteiger partial charge in [-0.3, -0.25) is 4.79 Å². The van der Waals surface area contributed by atoms with E-state index in [1.165, 1.54) is 11.8 Å². The number of imidazole rings is 1. The van der Waals surface area contributed by atoms with Gasteiger partial charge in [-0.05, 0) is 31.2 Å². The van der Waals surface area contributed by atoms with E-state index in [9.17, 15) is 4.79 Å². The minimum absolute atomic E-state index is 0.144. The number of nitrogens with zero attached hydrogens (tertiary/aromatic N) is 1. The molecule has 5 aromatic rings. The molecule has 5 rings (SSSR count). The van der Waals surface area contributed by atoms with Crippen molar-refractivity contribution in [2.45, 2.75) is 17.3 Å². The smallest absolute Gasteiger partial charge is 0.237 e. The Labute approximate surface area is 176 Å². The minimum atomic E-state index is -0.360. The number of carbonyl (C=O) groups is 1. The first kappa shape index (κ1) is 18.6. The number of furan rings is 1. The maximum atomic E-state index is 12.8. The Kier molecular flexibility index (Phi) is 4.59. The predicted octanol–water partition coefficient (Wildman–Crippen LogP) is 5.59. The van der Waals surface area contributed by atoms with Gasteiger partial charge in [-0.15, -0.1) is 0 Å². The van der Waals surface area contributed by atoms with Crippen LogP contribution in [0.5, 0.6) is 5.75 Å². The van der Waals surface area contributed by atoms with Crippen LogP contribution in [-0.2, 0) is 4.79 Å². The number of carbonyl (C=O) groups excluding carboxylic acids is 1. The molecule has 0 bridgehead atoms. The van der Waals surface area contributed by atoms with E-state index in [-0.39, 0.29) is 11.2 Å². The number of aromatic nitrogens is 2. The van der Waals surface area contributed by atoms with E-state index in [1.54, 1.807) is 7.11 Å². The standard InChI is InChI=1S/C23H19N3O3S/c1-13(30-23-25-16-8-4-5-9-17(16)26-23)22(27)24-18-12-20-15(11-21(18)28-2)14-7-3-6-10-19(14)29-20/h3-13H,1-2H3,(H,24,27)(H,25,26). The molecular weight excluding hydrogens is 398 g/mol. The normalized spacial score (nSPS) is 12.5. The number of para-hydroxylation sites is 3. The quantitative estimate of drug-likeness (QED) is 0.364. The highest BCUT2D eigenvalue weighted by atomic mass is 32.2. The van der Waals surface area contributed by atoms with Crippen LogP contribution in [0.2, 0.25) is 0 Å². The number of hydrogen-bond donors (Lipinski definition) is 2. The second-order valence-electron chi connectivity index (χ2n) is 6.96. The van der Waals surface area contributed by atoms with Crippen molar-refractivity contribution in [3.8, 4) is 5.75 Å². The number of thioether (sulfide) groups is 1. The number of hydrogen-bond acceptors (Lipinski definition) is 5. The first-order valence-corrected chi connectivity index (χ1v) is 10.4. The van der Waals surface area contributed by atoms with Crippen molar-refractivity contribution in [2.75, 3.05) is 12.4 Å². The lowest BCUT2D eigenvalue weighted by molar-refractivity contribution is -0.115. The molecule has 0 fully saturated rings. The predicted molar refractivity (Wildman–Crippen MR) is 120 cm³/mol. The van der Waals surface area contributed by atoms with Gasteiger partial charge in [-0.2, -0.15) is 0 Å². The average Bonchev–Trinajstić information content (AvgIpc) is 3.32. The highest BCUT2D eigenvalue weighted by Crippen LogP contribution is 2.36. The lowest BCUT2D eigenvalue weighted by Crippen LogP contribution is -2.22. The molecule has 1 unspecified atom stereocenters. The molecule has 0 radical (unpaired) electrons. The molecule has 1 atom stereocenters. The van der Waals surface area contributed by atoms with E-state index in [4.69, 9.17) is 9.15 Å². The Morgan fingerprint density at radius 2 is 1.90 bits per heavy atom. The molecule has 0 aliphatic rings. The molecule has 0 spiro atoms. The van der Waals surface area contributed by atoms with Crippen LogP contribution in [0, 0.1) is 0 Å². The van der Waals surface area contributed by atoms with Crippen LogP contribution < -0.4 is 10.1 Å². The fraction of sp³-hybridized carbons (Fsp3) is 0.130. The van der Waals surface area contributed by atoms with Crippen molar-refractivity contribution in [3.63, 3.8) is 0 Å². The summed E-state index contributed by atoms with van der Waals surface area (Å²) >= 11 is 1.37. The van der Waals surface area contributed by atoms with Gasteiger partial charge >= 0.3 is 0 Å². The van der Waals surface area contributed by atoms with Crippen molar-refractivity contribution < 1.29 is 13.9 Å². The molecule has 2 N–H and O–H groups in total. The molecule has 2 heterocycles. The summed E-state index contributed by atoms with van der Waals surface area (Å²) in [6.45, 7) is 1.85. The summed E-state index contributed by atoms with van der Waals surface area (Å²) < 4.78 is 11.5. The fourth-order valence-corrected chi connectivity index (χ4v) is 4.28. The Balaban J connectivity index is 1.40. The molecule has 7 heteroatoms. The Morgan fingerprint density at radius 3 is 2.73 bits per heavy atom. The van der Waals surface area contributed by atoms with Crippen molar-refractivity contribution >= 4 is 56.3 Å². The second kappa shape index (κ2) is 7.42. The molecule has 2 aromatic heterocycles. The summed E-state index contributed by atoms with van der Waals surface area (Å²) in [6.07, 6.45) is 0. The van der Waals surface area contributed by atoms with Crippen LogP contribution in [0.1, 0.15) is 6.92 Å². The number of aromatic amines is 1. The Bertz CT molecular complexity index is 1360. The average molecular weight is 417 g/mol. The number of fused-ring (bicyclic) bond motifs is 4. The number of amides is 1. The lowest BCUT2D eigenvalue weighted by Gasteiger charge is -2.13. The molecular formula is C23H19N3O3S. The number of anilines is 1. The van der Waals surface area contributed by atoms with E-state index >= 15 is 0 Å². The molecule has 6 nitrogen and oxygen atoms in total. The van der Waals surface area contributed by atoms with Gasteiger partial charge in [-0.1, -0.05) is 42.1 Å². The number of nitrogens with one attached hydrogen (secondary N) is 2. The summed E-state index contributed by atoms with van der Waals surface area (Å²) in [7, 11) is 1.59. The minimum Gasteiger partial charge on any atom is -0.495 e. The fourth-order valence-electron chi connectivity index (χ4n) is 3.46. The van der Waals surface area contributed by atoms with Crippen molar-refractivity contribution in [2.24, 2.45) is 0 Å². The van der Waals surface area contributed by atoms with Crippen LogP contribution in [-0.4, -0.2) is 28.2 Å². The number of methoxy groups -OCH3 is 1. The van der Waals surface area contributed by atoms with Crippen molar-refractivity contribution in [1.29, 1.82) is 0 Å². The maximum absolute atomic E-state index is 12.8. The SMILES string of the molecule is COc1cc2c(cc1NC(=O)C(C)Sc1nc3ccccc3[nH]1)oc1ccccc12. The third kappa shape index (κ3) is 3.27. The van der Waals surface area contributed by atoms with Crippen LogP contribution in [0.4, 0.5) is 5.69 Å². The van der Waals surface area contributed by atoms with Gasteiger partial charge < -0.3 is 19.5 Å². The highest BCUT2D eigenvalue weighted by Gasteiger charge is 2.20. The topological polar surface area (TPSA) is 80.1 Å². The second-order valence-corrected chi connectivity index (χ2v) is 8.28. The van der Waals surface area contributed by atoms with E-state index in [0.29, 0.717) is 22.2 Å². The summed E-state index contributed by atoms with van der Waals surface area (Å²) in [5.74, 6) is 0.442. The summed E-state index contributed by atoms with van der Waals surface area (Å²) in [5, 5.41) is 5.27. The van der Waals surface area contributed by atoms with Crippen molar-refractivity contribution in [3.05, 3.63) is 60.7 Å². The van der Waals surface area contributed by atoms with Gasteiger partial charge in [-0.25, -0.2) is 4.98 Å². The van der Waals surface area contributed by atoms with Crippen LogP contribution in [0.25, 0.3) is 33.0 Å². The number of rotatable bonds is 5. The molecule has 0 aliphatic heterocycles. The van der Waals surface area contributed by atoms with Gasteiger partial charge in [0, 0.05) is 16.8 Å². The number of benzene rings is 3. The largest absolute Gasteiger partial charge is 0.495 e. The first-order valence-electron chi connectivity index (χ1n) is 9.54. The number of H-pyrrole nitrogens is 1. The zero-order valence-electron chi connectivity index (χ0n) is 16.4. The molecule has 0 saturated carbocycles. The zero-order chi connectivity index (χ0) is 20.7. The Hall–Kier alpha value is -3.45. The lowest BCUT2D eigenvalue weighted by atomic mass is 10.1.